The van der Waals surface area contributed by atoms with E-state index in [0.29, 0.717) is 31.6 Å². The lowest BCUT2D eigenvalue weighted by Crippen LogP contribution is -2.41. The number of rotatable bonds is 6. The Labute approximate surface area is 185 Å². The van der Waals surface area contributed by atoms with Crippen molar-refractivity contribution < 1.29 is 22.8 Å². The number of benzene rings is 1. The molecule has 32 heavy (non-hydrogen) atoms. The fourth-order valence-electron chi connectivity index (χ4n) is 4.60. The molecule has 1 saturated carbocycles. The Morgan fingerprint density at radius 3 is 2.59 bits per heavy atom. The maximum Gasteiger partial charge on any atom is 0.416 e. The average Bonchev–Trinajstić information content (AvgIpc) is 3.47. The molecule has 1 saturated heterocycles. The van der Waals surface area contributed by atoms with Gasteiger partial charge in [0.25, 0.3) is 0 Å². The highest BCUT2D eigenvalue weighted by molar-refractivity contribution is 5.83. The Morgan fingerprint density at radius 2 is 1.91 bits per heavy atom. The van der Waals surface area contributed by atoms with Gasteiger partial charge in [-0.1, -0.05) is 24.3 Å². The van der Waals surface area contributed by atoms with Gasteiger partial charge in [-0.2, -0.15) is 13.2 Å². The topological polar surface area (TPSA) is 62.3 Å². The van der Waals surface area contributed by atoms with Gasteiger partial charge >= 0.3 is 6.18 Å². The number of aromatic nitrogens is 1. The van der Waals surface area contributed by atoms with Crippen molar-refractivity contribution in [2.75, 3.05) is 19.6 Å². The average molecular weight is 445 g/mol. The van der Waals surface area contributed by atoms with Crippen LogP contribution >= 0.6 is 0 Å². The summed E-state index contributed by atoms with van der Waals surface area (Å²) < 4.78 is 38.7. The van der Waals surface area contributed by atoms with Crippen molar-refractivity contribution in [2.45, 2.75) is 38.3 Å². The van der Waals surface area contributed by atoms with Crippen molar-refractivity contribution in [2.24, 2.45) is 11.3 Å². The Hall–Kier alpha value is -2.90. The molecule has 1 spiro atoms. The predicted molar refractivity (Wildman–Crippen MR) is 112 cm³/mol. The first-order chi connectivity index (χ1) is 15.3. The summed E-state index contributed by atoms with van der Waals surface area (Å²) in [5.74, 6) is -0.132. The highest BCUT2D eigenvalue weighted by atomic mass is 19.4. The first-order valence-corrected chi connectivity index (χ1v) is 10.9. The minimum Gasteiger partial charge on any atom is -0.355 e. The zero-order chi connectivity index (χ0) is 22.8. The highest BCUT2D eigenvalue weighted by Crippen LogP contribution is 2.59. The molecule has 2 aliphatic rings. The molecule has 1 aliphatic heterocycles. The van der Waals surface area contributed by atoms with Crippen LogP contribution in [0.3, 0.4) is 0 Å². The summed E-state index contributed by atoms with van der Waals surface area (Å²) in [7, 11) is 0. The summed E-state index contributed by atoms with van der Waals surface area (Å²) in [6, 6.07) is 10.6. The number of amides is 2. The van der Waals surface area contributed by atoms with Crippen LogP contribution in [0.25, 0.3) is 0 Å². The summed E-state index contributed by atoms with van der Waals surface area (Å²) in [5.41, 5.74) is 0.519. The van der Waals surface area contributed by atoms with Gasteiger partial charge < -0.3 is 10.2 Å². The van der Waals surface area contributed by atoms with E-state index in [4.69, 9.17) is 0 Å². The molecule has 1 N–H and O–H groups in total. The molecular weight excluding hydrogens is 419 g/mol. The highest BCUT2D eigenvalue weighted by Gasteiger charge is 2.58. The molecule has 170 valence electrons. The number of halogens is 3. The number of carbonyl (C=O) groups is 2. The van der Waals surface area contributed by atoms with E-state index in [1.807, 2.05) is 18.2 Å². The van der Waals surface area contributed by atoms with E-state index in [1.165, 1.54) is 6.07 Å². The van der Waals surface area contributed by atoms with E-state index in [2.05, 4.69) is 10.3 Å². The van der Waals surface area contributed by atoms with Crippen LogP contribution in [0.4, 0.5) is 13.2 Å². The Bertz CT molecular complexity index is 970. The first-order valence-electron chi connectivity index (χ1n) is 10.9. The number of carbonyl (C=O) groups excluding carboxylic acids is 2. The first kappa shape index (κ1) is 22.3. The Balaban J connectivity index is 1.23. The lowest BCUT2D eigenvalue weighted by atomic mass is 9.90. The zero-order valence-corrected chi connectivity index (χ0v) is 17.7. The third kappa shape index (κ3) is 5.11. The molecule has 2 heterocycles. The van der Waals surface area contributed by atoms with Crippen LogP contribution in [-0.4, -0.2) is 41.3 Å². The summed E-state index contributed by atoms with van der Waals surface area (Å²) in [4.78, 5) is 31.1. The van der Waals surface area contributed by atoms with Crippen molar-refractivity contribution in [1.82, 2.24) is 15.2 Å². The van der Waals surface area contributed by atoms with Crippen LogP contribution in [0, 0.1) is 11.3 Å². The van der Waals surface area contributed by atoms with Gasteiger partial charge in [0.15, 0.2) is 0 Å². The van der Waals surface area contributed by atoms with Gasteiger partial charge in [0, 0.05) is 43.9 Å². The van der Waals surface area contributed by atoms with Crippen molar-refractivity contribution in [3.05, 3.63) is 65.5 Å². The molecule has 2 fully saturated rings. The second kappa shape index (κ2) is 8.92. The second-order valence-corrected chi connectivity index (χ2v) is 8.74. The van der Waals surface area contributed by atoms with Crippen LogP contribution in [0.15, 0.2) is 48.7 Å². The quantitative estimate of drug-likeness (QED) is 0.739. The third-order valence-electron chi connectivity index (χ3n) is 6.63. The second-order valence-electron chi connectivity index (χ2n) is 8.74. The molecule has 2 aromatic rings. The normalized spacial score (nSPS) is 19.6. The minimum absolute atomic E-state index is 0.0213. The van der Waals surface area contributed by atoms with Crippen molar-refractivity contribution in [3.8, 4) is 0 Å². The lowest BCUT2D eigenvalue weighted by molar-refractivity contribution is -0.138. The summed E-state index contributed by atoms with van der Waals surface area (Å²) in [5, 5.41) is 3.00. The van der Waals surface area contributed by atoms with Crippen LogP contribution < -0.4 is 5.32 Å². The summed E-state index contributed by atoms with van der Waals surface area (Å²) in [6.45, 7) is 1.62. The number of hydrogen-bond acceptors (Lipinski definition) is 3. The largest absolute Gasteiger partial charge is 0.416 e. The smallest absolute Gasteiger partial charge is 0.355 e. The SMILES string of the molecule is O=C(NCCc1ccccn1)[C@@H]1CC12CCN(C(=O)Cc1cccc(C(F)(F)F)c1)CC2. The van der Waals surface area contributed by atoms with Crippen molar-refractivity contribution in [3.63, 3.8) is 0 Å². The molecule has 1 aliphatic carbocycles. The van der Waals surface area contributed by atoms with Gasteiger partial charge in [0.1, 0.15) is 0 Å². The standard InChI is InChI=1S/C24H26F3N3O2/c25-24(26,27)18-5-3-4-17(14-18)15-21(31)30-12-8-23(9-13-30)16-20(23)22(32)29-11-7-19-6-1-2-10-28-19/h1-6,10,14,20H,7-9,11-13,15-16H2,(H,29,32)/t20-/m0/s1. The van der Waals surface area contributed by atoms with Crippen molar-refractivity contribution in [1.29, 1.82) is 0 Å². The van der Waals surface area contributed by atoms with E-state index in [0.717, 1.165) is 37.1 Å². The monoisotopic (exact) mass is 445 g/mol. The van der Waals surface area contributed by atoms with Crippen molar-refractivity contribution >= 4 is 11.8 Å². The van der Waals surface area contributed by atoms with E-state index in [-0.39, 0.29) is 29.6 Å². The number of nitrogens with zero attached hydrogens (tertiary/aromatic N) is 2. The molecule has 1 aromatic heterocycles. The molecule has 1 atom stereocenters. The third-order valence-corrected chi connectivity index (χ3v) is 6.63. The van der Waals surface area contributed by atoms with Crippen LogP contribution in [0.5, 0.6) is 0 Å². The molecule has 0 unspecified atom stereocenters. The van der Waals surface area contributed by atoms with Gasteiger partial charge in [-0.25, -0.2) is 0 Å². The predicted octanol–water partition coefficient (Wildman–Crippen LogP) is 3.63. The summed E-state index contributed by atoms with van der Waals surface area (Å²) in [6.07, 6.45) is 0.279. The lowest BCUT2D eigenvalue weighted by Gasteiger charge is -2.33. The number of alkyl halides is 3. The van der Waals surface area contributed by atoms with Gasteiger partial charge in [0.2, 0.25) is 11.8 Å². The van der Waals surface area contributed by atoms with Crippen LogP contribution in [0.1, 0.15) is 36.1 Å². The van der Waals surface area contributed by atoms with Gasteiger partial charge in [-0.15, -0.1) is 0 Å². The molecule has 1 aromatic carbocycles. The van der Waals surface area contributed by atoms with Crippen LogP contribution in [0.2, 0.25) is 0 Å². The molecule has 0 radical (unpaired) electrons. The van der Waals surface area contributed by atoms with E-state index < -0.39 is 11.7 Å². The Kier molecular flexibility index (Phi) is 6.22. The van der Waals surface area contributed by atoms with E-state index >= 15 is 0 Å². The van der Waals surface area contributed by atoms with Gasteiger partial charge in [-0.05, 0) is 48.4 Å². The van der Waals surface area contributed by atoms with Gasteiger partial charge in [-0.3, -0.25) is 14.6 Å². The van der Waals surface area contributed by atoms with Crippen LogP contribution in [-0.2, 0) is 28.6 Å². The number of pyridine rings is 1. The zero-order valence-electron chi connectivity index (χ0n) is 17.7. The molecule has 2 amide bonds. The molecule has 4 rings (SSSR count). The number of piperidine rings is 1. The number of likely N-dealkylation sites (tertiary alicyclic amines) is 1. The maximum atomic E-state index is 12.9. The molecule has 0 bridgehead atoms. The fraction of sp³-hybridized carbons (Fsp3) is 0.458. The summed E-state index contributed by atoms with van der Waals surface area (Å²) >= 11 is 0. The number of hydrogen-bond donors (Lipinski definition) is 1. The minimum atomic E-state index is -4.42. The number of nitrogens with one attached hydrogen (secondary N) is 1. The van der Waals surface area contributed by atoms with E-state index in [1.54, 1.807) is 17.2 Å². The van der Waals surface area contributed by atoms with Gasteiger partial charge in [0.05, 0.1) is 12.0 Å². The Morgan fingerprint density at radius 1 is 1.12 bits per heavy atom. The van der Waals surface area contributed by atoms with E-state index in [9.17, 15) is 22.8 Å². The molecular formula is C24H26F3N3O2. The maximum absolute atomic E-state index is 12.9. The fourth-order valence-corrected chi connectivity index (χ4v) is 4.60. The molecule has 5 nitrogen and oxygen atoms in total. The molecule has 8 heteroatoms.